The standard InChI is InChI=1S/C18H24N4O3/c1-5-25-15-11-20-22(4)18(24)16(15)21-14-8-6-7-13(9-14)17(23)19-10-12(2)3/h6-9,11-12,21H,5,10H2,1-4H3,(H,19,23). The van der Waals surface area contributed by atoms with E-state index in [0.717, 1.165) is 0 Å². The molecule has 0 aliphatic rings. The molecule has 0 atom stereocenters. The zero-order valence-electron chi connectivity index (χ0n) is 15.0. The minimum atomic E-state index is -0.305. The normalized spacial score (nSPS) is 10.6. The predicted molar refractivity (Wildman–Crippen MR) is 97.5 cm³/mol. The van der Waals surface area contributed by atoms with Crippen LogP contribution in [-0.2, 0) is 7.05 Å². The summed E-state index contributed by atoms with van der Waals surface area (Å²) in [6, 6.07) is 6.98. The first-order chi connectivity index (χ1) is 11.9. The van der Waals surface area contributed by atoms with Crippen LogP contribution in [-0.4, -0.2) is 28.8 Å². The zero-order chi connectivity index (χ0) is 18.4. The Morgan fingerprint density at radius 1 is 1.36 bits per heavy atom. The molecule has 0 fully saturated rings. The third-order valence-electron chi connectivity index (χ3n) is 3.47. The van der Waals surface area contributed by atoms with Crippen molar-refractivity contribution in [1.82, 2.24) is 15.1 Å². The SMILES string of the molecule is CCOc1cnn(C)c(=O)c1Nc1cccc(C(=O)NCC(C)C)c1. The number of rotatable bonds is 7. The second-order valence-corrected chi connectivity index (χ2v) is 6.06. The number of aromatic nitrogens is 2. The molecule has 0 saturated carbocycles. The van der Waals surface area contributed by atoms with Crippen molar-refractivity contribution in [2.24, 2.45) is 13.0 Å². The fourth-order valence-corrected chi connectivity index (χ4v) is 2.18. The Morgan fingerprint density at radius 3 is 2.80 bits per heavy atom. The van der Waals surface area contributed by atoms with Gasteiger partial charge in [-0.3, -0.25) is 9.59 Å². The molecule has 1 amide bonds. The summed E-state index contributed by atoms with van der Waals surface area (Å²) in [5.41, 5.74) is 1.13. The maximum atomic E-state index is 12.3. The van der Waals surface area contributed by atoms with Gasteiger partial charge in [-0.05, 0) is 31.0 Å². The van der Waals surface area contributed by atoms with Crippen molar-refractivity contribution in [2.45, 2.75) is 20.8 Å². The van der Waals surface area contributed by atoms with Gasteiger partial charge in [0.25, 0.3) is 11.5 Å². The van der Waals surface area contributed by atoms with E-state index in [1.54, 1.807) is 31.3 Å². The van der Waals surface area contributed by atoms with Crippen LogP contribution >= 0.6 is 0 Å². The highest BCUT2D eigenvalue weighted by molar-refractivity contribution is 5.95. The lowest BCUT2D eigenvalue weighted by Gasteiger charge is -2.13. The molecular formula is C18H24N4O3. The quantitative estimate of drug-likeness (QED) is 0.805. The maximum Gasteiger partial charge on any atom is 0.294 e. The third kappa shape index (κ3) is 4.82. The van der Waals surface area contributed by atoms with Crippen molar-refractivity contribution in [2.75, 3.05) is 18.5 Å². The van der Waals surface area contributed by atoms with E-state index in [-0.39, 0.29) is 11.5 Å². The van der Waals surface area contributed by atoms with Gasteiger partial charge in [-0.1, -0.05) is 19.9 Å². The van der Waals surface area contributed by atoms with Gasteiger partial charge in [-0.15, -0.1) is 0 Å². The van der Waals surface area contributed by atoms with Gasteiger partial charge in [0.15, 0.2) is 11.4 Å². The maximum absolute atomic E-state index is 12.3. The number of amides is 1. The highest BCUT2D eigenvalue weighted by Crippen LogP contribution is 2.23. The molecule has 25 heavy (non-hydrogen) atoms. The molecule has 0 spiro atoms. The summed E-state index contributed by atoms with van der Waals surface area (Å²) in [6.07, 6.45) is 1.49. The Morgan fingerprint density at radius 2 is 2.12 bits per heavy atom. The van der Waals surface area contributed by atoms with E-state index in [1.165, 1.54) is 10.9 Å². The summed E-state index contributed by atoms with van der Waals surface area (Å²) in [6.45, 7) is 6.93. The molecule has 0 unspecified atom stereocenters. The minimum Gasteiger partial charge on any atom is -0.490 e. The van der Waals surface area contributed by atoms with Gasteiger partial charge in [0, 0.05) is 24.8 Å². The van der Waals surface area contributed by atoms with E-state index in [1.807, 2.05) is 20.8 Å². The smallest absolute Gasteiger partial charge is 0.294 e. The van der Waals surface area contributed by atoms with Crippen molar-refractivity contribution in [3.05, 3.63) is 46.4 Å². The zero-order valence-corrected chi connectivity index (χ0v) is 15.0. The summed E-state index contributed by atoms with van der Waals surface area (Å²) >= 11 is 0. The van der Waals surface area contributed by atoms with Crippen LogP contribution in [0.5, 0.6) is 5.75 Å². The fraction of sp³-hybridized carbons (Fsp3) is 0.389. The van der Waals surface area contributed by atoms with Crippen LogP contribution in [0.1, 0.15) is 31.1 Å². The van der Waals surface area contributed by atoms with Crippen molar-refractivity contribution >= 4 is 17.3 Å². The van der Waals surface area contributed by atoms with E-state index in [9.17, 15) is 9.59 Å². The van der Waals surface area contributed by atoms with E-state index in [2.05, 4.69) is 15.7 Å². The Kier molecular flexibility index (Phi) is 6.16. The molecule has 0 radical (unpaired) electrons. The second kappa shape index (κ2) is 8.32. The molecule has 0 aliphatic heterocycles. The van der Waals surface area contributed by atoms with Crippen LogP contribution in [0.15, 0.2) is 35.3 Å². The highest BCUT2D eigenvalue weighted by atomic mass is 16.5. The Bertz CT molecular complexity index is 799. The summed E-state index contributed by atoms with van der Waals surface area (Å²) < 4.78 is 6.70. The average Bonchev–Trinajstić information content (AvgIpc) is 2.59. The number of benzene rings is 1. The molecule has 7 nitrogen and oxygen atoms in total. The highest BCUT2D eigenvalue weighted by Gasteiger charge is 2.13. The number of aryl methyl sites for hydroxylation is 1. The Hall–Kier alpha value is -2.83. The molecule has 7 heteroatoms. The lowest BCUT2D eigenvalue weighted by Crippen LogP contribution is -2.27. The molecule has 1 aromatic heterocycles. The molecule has 0 aliphatic carbocycles. The van der Waals surface area contributed by atoms with Crippen LogP contribution in [0, 0.1) is 5.92 Å². The number of ether oxygens (including phenoxy) is 1. The number of nitrogens with zero attached hydrogens (tertiary/aromatic N) is 2. The summed E-state index contributed by atoms with van der Waals surface area (Å²) in [7, 11) is 1.57. The first-order valence-electron chi connectivity index (χ1n) is 8.26. The number of carbonyl (C=O) groups is 1. The predicted octanol–water partition coefficient (Wildman–Crippen LogP) is 2.31. The lowest BCUT2D eigenvalue weighted by atomic mass is 10.1. The van der Waals surface area contributed by atoms with Gasteiger partial charge in [-0.2, -0.15) is 5.10 Å². The first-order valence-corrected chi connectivity index (χ1v) is 8.26. The molecule has 2 aromatic rings. The van der Waals surface area contributed by atoms with Crippen molar-refractivity contribution in [1.29, 1.82) is 0 Å². The third-order valence-corrected chi connectivity index (χ3v) is 3.47. The monoisotopic (exact) mass is 344 g/mol. The van der Waals surface area contributed by atoms with Crippen LogP contribution < -0.4 is 20.9 Å². The largest absolute Gasteiger partial charge is 0.490 e. The van der Waals surface area contributed by atoms with E-state index >= 15 is 0 Å². The number of hydrogen-bond donors (Lipinski definition) is 2. The second-order valence-electron chi connectivity index (χ2n) is 6.06. The van der Waals surface area contributed by atoms with Crippen LogP contribution in [0.2, 0.25) is 0 Å². The number of carbonyl (C=O) groups excluding carboxylic acids is 1. The number of hydrogen-bond acceptors (Lipinski definition) is 5. The number of nitrogens with one attached hydrogen (secondary N) is 2. The molecule has 2 rings (SSSR count). The minimum absolute atomic E-state index is 0.148. The molecule has 2 N–H and O–H groups in total. The number of anilines is 2. The Balaban J connectivity index is 2.27. The van der Waals surface area contributed by atoms with Crippen LogP contribution in [0.25, 0.3) is 0 Å². The fourth-order valence-electron chi connectivity index (χ4n) is 2.18. The van der Waals surface area contributed by atoms with E-state index in [0.29, 0.717) is 41.8 Å². The van der Waals surface area contributed by atoms with Crippen LogP contribution in [0.4, 0.5) is 11.4 Å². The van der Waals surface area contributed by atoms with Gasteiger partial charge in [-0.25, -0.2) is 4.68 Å². The summed E-state index contributed by atoms with van der Waals surface area (Å²) in [5.74, 6) is 0.601. The van der Waals surface area contributed by atoms with Gasteiger partial charge < -0.3 is 15.4 Å². The first kappa shape index (κ1) is 18.5. The van der Waals surface area contributed by atoms with Gasteiger partial charge in [0.05, 0.1) is 12.8 Å². The van der Waals surface area contributed by atoms with Crippen molar-refractivity contribution in [3.63, 3.8) is 0 Å². The molecule has 0 saturated heterocycles. The van der Waals surface area contributed by atoms with Crippen molar-refractivity contribution in [3.8, 4) is 5.75 Å². The molecule has 0 bridgehead atoms. The summed E-state index contributed by atoms with van der Waals surface area (Å²) in [5, 5.41) is 9.88. The molecular weight excluding hydrogens is 320 g/mol. The van der Waals surface area contributed by atoms with E-state index < -0.39 is 0 Å². The molecule has 134 valence electrons. The molecule has 1 aromatic carbocycles. The summed E-state index contributed by atoms with van der Waals surface area (Å²) in [4.78, 5) is 24.5. The topological polar surface area (TPSA) is 85.2 Å². The van der Waals surface area contributed by atoms with Gasteiger partial charge in [0.1, 0.15) is 0 Å². The van der Waals surface area contributed by atoms with Gasteiger partial charge >= 0.3 is 0 Å². The lowest BCUT2D eigenvalue weighted by molar-refractivity contribution is 0.0949. The van der Waals surface area contributed by atoms with Crippen molar-refractivity contribution < 1.29 is 9.53 Å². The van der Waals surface area contributed by atoms with E-state index in [4.69, 9.17) is 4.74 Å². The Labute approximate surface area is 147 Å². The van der Waals surface area contributed by atoms with Gasteiger partial charge in [0.2, 0.25) is 0 Å². The average molecular weight is 344 g/mol. The molecule has 1 heterocycles. The van der Waals surface area contributed by atoms with Crippen LogP contribution in [0.3, 0.4) is 0 Å².